The molecule has 2 fully saturated rings. The summed E-state index contributed by atoms with van der Waals surface area (Å²) in [4.78, 5) is 12.7. The number of amides is 1. The van der Waals surface area contributed by atoms with E-state index in [1.165, 1.54) is 0 Å². The predicted molar refractivity (Wildman–Crippen MR) is 91.0 cm³/mol. The number of aromatic nitrogens is 3. The molecule has 0 spiro atoms. The molecule has 24 heavy (non-hydrogen) atoms. The number of hydrogen-bond acceptors (Lipinski definition) is 5. The number of carbonyl (C=O) groups is 1. The fourth-order valence-corrected chi connectivity index (χ4v) is 3.90. The van der Waals surface area contributed by atoms with Crippen molar-refractivity contribution in [1.29, 1.82) is 0 Å². The second-order valence-corrected chi connectivity index (χ2v) is 7.84. The quantitative estimate of drug-likeness (QED) is 0.870. The van der Waals surface area contributed by atoms with Gasteiger partial charge in [0.25, 0.3) is 5.91 Å². The second kappa shape index (κ2) is 6.11. The molecule has 0 bridgehead atoms. The zero-order valence-electron chi connectivity index (χ0n) is 15.3. The monoisotopic (exact) mass is 335 g/mol. The van der Waals surface area contributed by atoms with Crippen LogP contribution in [0.3, 0.4) is 0 Å². The van der Waals surface area contributed by atoms with E-state index < -0.39 is 0 Å². The van der Waals surface area contributed by atoms with E-state index in [2.05, 4.69) is 41.7 Å². The highest BCUT2D eigenvalue weighted by Crippen LogP contribution is 2.51. The van der Waals surface area contributed by atoms with Gasteiger partial charge in [0.1, 0.15) is 0 Å². The van der Waals surface area contributed by atoms with Crippen LogP contribution in [-0.4, -0.2) is 52.7 Å². The minimum atomic E-state index is -0.202. The smallest absolute Gasteiger partial charge is 0.273 e. The van der Waals surface area contributed by atoms with E-state index in [1.54, 1.807) is 7.11 Å². The Kier molecular flexibility index (Phi) is 4.42. The molecule has 2 heterocycles. The Morgan fingerprint density at radius 1 is 1.33 bits per heavy atom. The van der Waals surface area contributed by atoms with Crippen molar-refractivity contribution in [3.63, 3.8) is 0 Å². The third-order valence-corrected chi connectivity index (χ3v) is 6.38. The highest BCUT2D eigenvalue weighted by molar-refractivity contribution is 5.93. The first-order chi connectivity index (χ1) is 11.3. The Hall–Kier alpha value is -1.47. The summed E-state index contributed by atoms with van der Waals surface area (Å²) in [7, 11) is 1.73. The van der Waals surface area contributed by atoms with E-state index in [0.29, 0.717) is 11.7 Å². The minimum Gasteiger partial charge on any atom is -0.378 e. The van der Waals surface area contributed by atoms with Gasteiger partial charge in [-0.2, -0.15) is 0 Å². The van der Waals surface area contributed by atoms with Gasteiger partial charge in [-0.25, -0.2) is 4.68 Å². The summed E-state index contributed by atoms with van der Waals surface area (Å²) >= 11 is 0. The lowest BCUT2D eigenvalue weighted by molar-refractivity contribution is -0.177. The normalized spacial score (nSPS) is 30.0. The predicted octanol–water partition coefficient (Wildman–Crippen LogP) is 1.44. The van der Waals surface area contributed by atoms with Gasteiger partial charge < -0.3 is 15.4 Å². The van der Waals surface area contributed by atoms with Crippen molar-refractivity contribution in [2.24, 2.45) is 5.41 Å². The summed E-state index contributed by atoms with van der Waals surface area (Å²) in [5, 5.41) is 14.9. The molecule has 1 aromatic heterocycles. The number of nitrogens with one attached hydrogen (secondary N) is 2. The van der Waals surface area contributed by atoms with Crippen LogP contribution in [0.5, 0.6) is 0 Å². The van der Waals surface area contributed by atoms with Crippen LogP contribution in [0.25, 0.3) is 0 Å². The Morgan fingerprint density at radius 2 is 2.00 bits per heavy atom. The molecule has 1 aromatic rings. The van der Waals surface area contributed by atoms with Gasteiger partial charge in [-0.05, 0) is 46.2 Å². The average molecular weight is 335 g/mol. The second-order valence-electron chi connectivity index (χ2n) is 7.84. The molecule has 7 heteroatoms. The lowest BCUT2D eigenvalue weighted by atomic mass is 9.56. The van der Waals surface area contributed by atoms with Crippen molar-refractivity contribution in [1.82, 2.24) is 25.6 Å². The van der Waals surface area contributed by atoms with Crippen LogP contribution in [0.1, 0.15) is 62.3 Å². The largest absolute Gasteiger partial charge is 0.378 e. The number of rotatable bonds is 4. The van der Waals surface area contributed by atoms with Gasteiger partial charge in [-0.15, -0.1) is 5.10 Å². The summed E-state index contributed by atoms with van der Waals surface area (Å²) < 4.78 is 7.54. The van der Waals surface area contributed by atoms with E-state index in [-0.39, 0.29) is 23.0 Å². The summed E-state index contributed by atoms with van der Waals surface area (Å²) in [5.41, 5.74) is 0.977. The summed E-state index contributed by atoms with van der Waals surface area (Å²) in [6, 6.07) is 0.413. The van der Waals surface area contributed by atoms with Gasteiger partial charge in [0, 0.05) is 18.6 Å². The maximum Gasteiger partial charge on any atom is 0.273 e. The highest BCUT2D eigenvalue weighted by Gasteiger charge is 2.58. The van der Waals surface area contributed by atoms with Gasteiger partial charge in [0.05, 0.1) is 17.3 Å². The first-order valence-electron chi connectivity index (χ1n) is 8.78. The third-order valence-electron chi connectivity index (χ3n) is 6.38. The molecule has 134 valence electrons. The van der Waals surface area contributed by atoms with Crippen molar-refractivity contribution < 1.29 is 9.53 Å². The fraction of sp³-hybridized carbons (Fsp3) is 0.824. The maximum absolute atomic E-state index is 12.7. The maximum atomic E-state index is 12.7. The molecule has 2 atom stereocenters. The SMILES string of the molecule is CO[C@]1(C)C[C@@H](NC(=O)c2nnn(C3CCNCC3)c2C)C1(C)C. The van der Waals surface area contributed by atoms with E-state index in [9.17, 15) is 4.79 Å². The number of ether oxygens (including phenoxy) is 1. The topological polar surface area (TPSA) is 81.1 Å². The van der Waals surface area contributed by atoms with Gasteiger partial charge in [0.15, 0.2) is 5.69 Å². The van der Waals surface area contributed by atoms with Crippen LogP contribution < -0.4 is 10.6 Å². The summed E-state index contributed by atoms with van der Waals surface area (Å²) in [6.45, 7) is 10.2. The van der Waals surface area contributed by atoms with E-state index in [1.807, 2.05) is 11.6 Å². The third kappa shape index (κ3) is 2.63. The molecule has 1 saturated heterocycles. The number of piperidine rings is 1. The molecule has 3 rings (SSSR count). The van der Waals surface area contributed by atoms with Crippen LogP contribution in [0.4, 0.5) is 0 Å². The molecule has 2 aliphatic rings. The summed E-state index contributed by atoms with van der Waals surface area (Å²) in [5.74, 6) is -0.135. The Morgan fingerprint density at radius 3 is 2.58 bits per heavy atom. The Bertz CT molecular complexity index is 620. The molecular formula is C17H29N5O2. The van der Waals surface area contributed by atoms with Crippen LogP contribution in [0, 0.1) is 12.3 Å². The standard InChI is InChI=1S/C17H29N5O2/c1-11-14(20-21-22(11)12-6-8-18-9-7-12)15(23)19-13-10-17(4,24-5)16(13,2)3/h12-13,18H,6-10H2,1-5H3,(H,19,23)/t13-,17-/m1/s1. The number of hydrogen-bond donors (Lipinski definition) is 2. The zero-order valence-corrected chi connectivity index (χ0v) is 15.3. The first kappa shape index (κ1) is 17.4. The van der Waals surface area contributed by atoms with Gasteiger partial charge in [-0.1, -0.05) is 19.1 Å². The summed E-state index contributed by atoms with van der Waals surface area (Å²) in [6.07, 6.45) is 2.85. The van der Waals surface area contributed by atoms with Gasteiger partial charge in [0.2, 0.25) is 0 Å². The number of methoxy groups -OCH3 is 1. The minimum absolute atomic E-state index is 0.0818. The molecule has 7 nitrogen and oxygen atoms in total. The van der Waals surface area contributed by atoms with Crippen LogP contribution in [0.15, 0.2) is 0 Å². The zero-order chi connectivity index (χ0) is 17.5. The first-order valence-corrected chi connectivity index (χ1v) is 8.78. The molecular weight excluding hydrogens is 306 g/mol. The van der Waals surface area contributed by atoms with E-state index >= 15 is 0 Å². The van der Waals surface area contributed by atoms with Gasteiger partial charge in [-0.3, -0.25) is 4.79 Å². The molecule has 1 aliphatic heterocycles. The van der Waals surface area contributed by atoms with Crippen LogP contribution in [-0.2, 0) is 4.74 Å². The fourth-order valence-electron chi connectivity index (χ4n) is 3.90. The molecule has 1 aliphatic carbocycles. The van der Waals surface area contributed by atoms with Crippen molar-refractivity contribution in [3.05, 3.63) is 11.4 Å². The van der Waals surface area contributed by atoms with Crippen LogP contribution >= 0.6 is 0 Å². The van der Waals surface area contributed by atoms with Crippen molar-refractivity contribution in [3.8, 4) is 0 Å². The molecule has 0 radical (unpaired) electrons. The lowest BCUT2D eigenvalue weighted by Crippen LogP contribution is -2.68. The molecule has 2 N–H and O–H groups in total. The van der Waals surface area contributed by atoms with Crippen LogP contribution in [0.2, 0.25) is 0 Å². The van der Waals surface area contributed by atoms with Crippen molar-refractivity contribution >= 4 is 5.91 Å². The molecule has 1 saturated carbocycles. The van der Waals surface area contributed by atoms with E-state index in [0.717, 1.165) is 38.0 Å². The Balaban J connectivity index is 1.69. The molecule has 1 amide bonds. The lowest BCUT2D eigenvalue weighted by Gasteiger charge is -2.59. The number of carbonyl (C=O) groups excluding carboxylic acids is 1. The number of nitrogens with zero attached hydrogens (tertiary/aromatic N) is 3. The molecule has 0 unspecified atom stereocenters. The van der Waals surface area contributed by atoms with Gasteiger partial charge >= 0.3 is 0 Å². The van der Waals surface area contributed by atoms with Crippen molar-refractivity contribution in [2.45, 2.75) is 64.6 Å². The van der Waals surface area contributed by atoms with E-state index in [4.69, 9.17) is 4.74 Å². The van der Waals surface area contributed by atoms with Crippen molar-refractivity contribution in [2.75, 3.05) is 20.2 Å². The molecule has 0 aromatic carbocycles. The highest BCUT2D eigenvalue weighted by atomic mass is 16.5. The average Bonchev–Trinajstić information content (AvgIpc) is 2.96. The Labute approximate surface area is 143 Å².